The molecule has 0 saturated heterocycles. The van der Waals surface area contributed by atoms with Crippen molar-refractivity contribution in [3.05, 3.63) is 53.3 Å². The minimum atomic E-state index is -4.30. The molecule has 30 heavy (non-hydrogen) atoms. The van der Waals surface area contributed by atoms with E-state index < -0.39 is 51.6 Å². The normalized spacial score (nSPS) is 22.0. The first-order valence-electron chi connectivity index (χ1n) is 8.71. The van der Waals surface area contributed by atoms with Gasteiger partial charge < -0.3 is 15.7 Å². The van der Waals surface area contributed by atoms with Gasteiger partial charge >= 0.3 is 6.03 Å². The summed E-state index contributed by atoms with van der Waals surface area (Å²) in [6.07, 6.45) is -0.499. The number of nitrogens with zero attached hydrogens (tertiary/aromatic N) is 1. The minimum Gasteiger partial charge on any atom is -0.393 e. The molecule has 8 nitrogen and oxygen atoms in total. The summed E-state index contributed by atoms with van der Waals surface area (Å²) in [6.45, 7) is 0. The predicted octanol–water partition coefficient (Wildman–Crippen LogP) is 2.42. The molecule has 0 unspecified atom stereocenters. The van der Waals surface area contributed by atoms with Gasteiger partial charge in [0, 0.05) is 23.4 Å². The Morgan fingerprint density at radius 2 is 1.77 bits per heavy atom. The molecule has 2 aromatic rings. The van der Waals surface area contributed by atoms with E-state index in [4.69, 9.17) is 0 Å². The van der Waals surface area contributed by atoms with Crippen molar-refractivity contribution in [3.8, 4) is 0 Å². The van der Waals surface area contributed by atoms with E-state index >= 15 is 0 Å². The first kappa shape index (κ1) is 20.2. The smallest absolute Gasteiger partial charge is 0.336 e. The minimum absolute atomic E-state index is 0.0356. The van der Waals surface area contributed by atoms with Crippen LogP contribution in [0.3, 0.4) is 0 Å². The number of hydrogen-bond donors (Lipinski definition) is 3. The number of nitrogens with one attached hydrogen (secondary N) is 2. The van der Waals surface area contributed by atoms with E-state index in [0.29, 0.717) is 16.4 Å². The molecule has 0 spiro atoms. The predicted molar refractivity (Wildman–Crippen MR) is 97.8 cm³/mol. The van der Waals surface area contributed by atoms with Gasteiger partial charge in [0.15, 0.2) is 17.5 Å². The van der Waals surface area contributed by atoms with Gasteiger partial charge in [-0.2, -0.15) is 0 Å². The zero-order chi connectivity index (χ0) is 21.8. The fraction of sp³-hybridized carbons (Fsp3) is 0.222. The van der Waals surface area contributed by atoms with E-state index in [1.165, 1.54) is 12.1 Å². The van der Waals surface area contributed by atoms with Crippen molar-refractivity contribution in [3.63, 3.8) is 0 Å². The third-order valence-electron chi connectivity index (χ3n) is 4.88. The third-order valence-corrected chi connectivity index (χ3v) is 6.76. The monoisotopic (exact) mass is 441 g/mol. The second-order valence-electron chi connectivity index (χ2n) is 6.93. The van der Waals surface area contributed by atoms with Gasteiger partial charge in [0.1, 0.15) is 4.90 Å². The number of aliphatic hydroxyl groups excluding tert-OH is 1. The van der Waals surface area contributed by atoms with Crippen LogP contribution in [0, 0.1) is 17.5 Å². The highest BCUT2D eigenvalue weighted by atomic mass is 32.2. The molecule has 12 heteroatoms. The van der Waals surface area contributed by atoms with Gasteiger partial charge in [-0.3, -0.25) is 4.79 Å². The van der Waals surface area contributed by atoms with E-state index in [1.807, 2.05) is 0 Å². The quantitative estimate of drug-likeness (QED) is 0.633. The fourth-order valence-corrected chi connectivity index (χ4v) is 5.02. The summed E-state index contributed by atoms with van der Waals surface area (Å²) in [7, 11) is -4.30. The average Bonchev–Trinajstić information content (AvgIpc) is 2.64. The van der Waals surface area contributed by atoms with Crippen LogP contribution in [0.4, 0.5) is 29.3 Å². The van der Waals surface area contributed by atoms with E-state index in [2.05, 4.69) is 10.6 Å². The number of sulfonamides is 1. The van der Waals surface area contributed by atoms with Gasteiger partial charge in [-0.25, -0.2) is 30.7 Å². The van der Waals surface area contributed by atoms with Gasteiger partial charge in [-0.15, -0.1) is 0 Å². The number of urea groups is 1. The van der Waals surface area contributed by atoms with Crippen LogP contribution in [0.1, 0.15) is 23.2 Å². The average molecular weight is 441 g/mol. The summed E-state index contributed by atoms with van der Waals surface area (Å²) >= 11 is 0. The van der Waals surface area contributed by atoms with Crippen molar-refractivity contribution < 1.29 is 36.3 Å². The third kappa shape index (κ3) is 3.27. The maximum Gasteiger partial charge on any atom is 0.336 e. The Hall–Kier alpha value is -3.12. The van der Waals surface area contributed by atoms with Crippen LogP contribution in [0.2, 0.25) is 0 Å². The van der Waals surface area contributed by atoms with Gasteiger partial charge in [0.2, 0.25) is 0 Å². The second-order valence-corrected chi connectivity index (χ2v) is 8.71. The SMILES string of the molecule is O=C(Nc1cc(F)c(F)c(F)c1)c1ccc2c(c1)S(=O)(=O)N(C1CC(O)C1)C(=O)N2. The zero-order valence-electron chi connectivity index (χ0n) is 15.0. The van der Waals surface area contributed by atoms with Crippen molar-refractivity contribution in [2.24, 2.45) is 0 Å². The summed E-state index contributed by atoms with van der Waals surface area (Å²) in [6, 6.07) is 3.01. The molecule has 0 radical (unpaired) electrons. The lowest BCUT2D eigenvalue weighted by atomic mass is 9.90. The number of rotatable bonds is 3. The first-order chi connectivity index (χ1) is 14.1. The molecular formula is C18H14F3N3O5S. The molecule has 0 aromatic heterocycles. The maximum absolute atomic E-state index is 13.3. The summed E-state index contributed by atoms with van der Waals surface area (Å²) < 4.78 is 66.2. The second kappa shape index (κ2) is 6.99. The molecule has 3 amide bonds. The Morgan fingerprint density at radius 1 is 1.13 bits per heavy atom. The Labute approximate surface area is 168 Å². The number of fused-ring (bicyclic) bond motifs is 1. The van der Waals surface area contributed by atoms with Gasteiger partial charge in [-0.1, -0.05) is 0 Å². The summed E-state index contributed by atoms with van der Waals surface area (Å²) in [5, 5.41) is 14.0. The van der Waals surface area contributed by atoms with Crippen LogP contribution in [0.25, 0.3) is 0 Å². The zero-order valence-corrected chi connectivity index (χ0v) is 15.8. The number of hydrogen-bond acceptors (Lipinski definition) is 5. The van der Waals surface area contributed by atoms with Crippen LogP contribution < -0.4 is 10.6 Å². The Bertz CT molecular complexity index is 1160. The van der Waals surface area contributed by atoms with Crippen molar-refractivity contribution in [1.29, 1.82) is 0 Å². The largest absolute Gasteiger partial charge is 0.393 e. The fourth-order valence-electron chi connectivity index (χ4n) is 3.31. The number of halogens is 3. The number of carbonyl (C=O) groups excluding carboxylic acids is 2. The summed E-state index contributed by atoms with van der Waals surface area (Å²) in [5.41, 5.74) is -0.575. The highest BCUT2D eigenvalue weighted by molar-refractivity contribution is 7.90. The molecule has 1 aliphatic carbocycles. The molecule has 4 rings (SSSR count). The highest BCUT2D eigenvalue weighted by Gasteiger charge is 2.46. The van der Waals surface area contributed by atoms with Crippen molar-refractivity contribution in [2.45, 2.75) is 29.9 Å². The van der Waals surface area contributed by atoms with Crippen LogP contribution in [0.5, 0.6) is 0 Å². The Kier molecular flexibility index (Phi) is 4.70. The number of amides is 3. The topological polar surface area (TPSA) is 116 Å². The summed E-state index contributed by atoms with van der Waals surface area (Å²) in [4.78, 5) is 24.3. The first-order valence-corrected chi connectivity index (χ1v) is 10.2. The molecular weight excluding hydrogens is 427 g/mol. The van der Waals surface area contributed by atoms with Crippen molar-refractivity contribution >= 4 is 33.3 Å². The lowest BCUT2D eigenvalue weighted by molar-refractivity contribution is 0.0434. The molecule has 1 saturated carbocycles. The van der Waals surface area contributed by atoms with Gasteiger partial charge in [0.05, 0.1) is 17.8 Å². The number of benzene rings is 2. The molecule has 1 fully saturated rings. The molecule has 2 aromatic carbocycles. The van der Waals surface area contributed by atoms with Gasteiger partial charge in [-0.05, 0) is 31.0 Å². The number of carbonyl (C=O) groups is 2. The van der Waals surface area contributed by atoms with E-state index in [1.54, 1.807) is 0 Å². The molecule has 158 valence electrons. The Balaban J connectivity index is 1.65. The van der Waals surface area contributed by atoms with Crippen LogP contribution in [0.15, 0.2) is 35.2 Å². The Morgan fingerprint density at radius 3 is 2.37 bits per heavy atom. The van der Waals surface area contributed by atoms with E-state index in [9.17, 15) is 36.3 Å². The maximum atomic E-state index is 13.3. The summed E-state index contributed by atoms with van der Waals surface area (Å²) in [5.74, 6) is -5.59. The van der Waals surface area contributed by atoms with Crippen molar-refractivity contribution in [2.75, 3.05) is 10.6 Å². The van der Waals surface area contributed by atoms with Crippen molar-refractivity contribution in [1.82, 2.24) is 4.31 Å². The molecule has 1 aliphatic heterocycles. The lowest BCUT2D eigenvalue weighted by Gasteiger charge is -2.41. The molecule has 1 heterocycles. The van der Waals surface area contributed by atoms with E-state index in [-0.39, 0.29) is 34.7 Å². The number of aliphatic hydroxyl groups is 1. The van der Waals surface area contributed by atoms with Gasteiger partial charge in [0.25, 0.3) is 15.9 Å². The van der Waals surface area contributed by atoms with Crippen LogP contribution in [-0.4, -0.2) is 41.9 Å². The van der Waals surface area contributed by atoms with Crippen LogP contribution in [-0.2, 0) is 10.0 Å². The van der Waals surface area contributed by atoms with E-state index in [0.717, 1.165) is 6.07 Å². The molecule has 0 bridgehead atoms. The number of anilines is 2. The lowest BCUT2D eigenvalue weighted by Crippen LogP contribution is -2.55. The molecule has 0 atom stereocenters. The standard InChI is InChI=1S/C18H14F3N3O5S/c19-12-4-9(5-13(20)16(12)21)22-17(26)8-1-2-14-15(3-8)30(28,29)24(18(27)23-14)10-6-11(25)7-10/h1-5,10-11,25H,6-7H2,(H,22,26)(H,23,27). The van der Waals surface area contributed by atoms with Crippen LogP contribution >= 0.6 is 0 Å². The molecule has 3 N–H and O–H groups in total. The molecule has 2 aliphatic rings. The highest BCUT2D eigenvalue weighted by Crippen LogP contribution is 2.37.